The molecule has 0 rings (SSSR count). The number of nitrogens with two attached hydrogens (primary N) is 1. The standard InChI is InChI=1S/C8H15N.ClH/c1-2-3-4-5-6-7-8-9;/h1H,3-9H2;1H. The molecular weight excluding hydrogens is 146 g/mol. The van der Waals surface area contributed by atoms with Gasteiger partial charge in [-0.2, -0.15) is 0 Å². The van der Waals surface area contributed by atoms with Crippen LogP contribution in [0.3, 0.4) is 0 Å². The first-order valence-electron chi connectivity index (χ1n) is 3.55. The molecule has 2 heteroatoms. The number of hydrogen-bond acceptors (Lipinski definition) is 1. The van der Waals surface area contributed by atoms with Crippen LogP contribution in [0, 0.1) is 12.3 Å². The second-order valence-electron chi connectivity index (χ2n) is 2.16. The largest absolute Gasteiger partial charge is 0.330 e. The van der Waals surface area contributed by atoms with Crippen molar-refractivity contribution in [1.29, 1.82) is 0 Å². The molecule has 0 radical (unpaired) electrons. The molecule has 0 aromatic carbocycles. The number of unbranched alkanes of at least 4 members (excludes halogenated alkanes) is 4. The Morgan fingerprint density at radius 1 is 1.10 bits per heavy atom. The van der Waals surface area contributed by atoms with Gasteiger partial charge < -0.3 is 5.73 Å². The third-order valence-corrected chi connectivity index (χ3v) is 1.28. The molecule has 0 unspecified atom stereocenters. The van der Waals surface area contributed by atoms with E-state index in [9.17, 15) is 0 Å². The van der Waals surface area contributed by atoms with Crippen LogP contribution in [-0.4, -0.2) is 6.54 Å². The Kier molecular flexibility index (Phi) is 14.5. The Morgan fingerprint density at radius 3 is 2.20 bits per heavy atom. The zero-order valence-electron chi connectivity index (χ0n) is 6.31. The van der Waals surface area contributed by atoms with Crippen LogP contribution < -0.4 is 5.73 Å². The molecule has 0 spiro atoms. The van der Waals surface area contributed by atoms with Gasteiger partial charge >= 0.3 is 0 Å². The van der Waals surface area contributed by atoms with E-state index in [1.165, 1.54) is 12.8 Å². The monoisotopic (exact) mass is 161 g/mol. The minimum Gasteiger partial charge on any atom is -0.330 e. The fourth-order valence-corrected chi connectivity index (χ4v) is 0.725. The number of hydrogen-bond donors (Lipinski definition) is 1. The summed E-state index contributed by atoms with van der Waals surface area (Å²) in [6, 6.07) is 0. The van der Waals surface area contributed by atoms with Crippen molar-refractivity contribution in [3.05, 3.63) is 0 Å². The number of halogens is 1. The smallest absolute Gasteiger partial charge is 0.00860 e. The van der Waals surface area contributed by atoms with E-state index >= 15 is 0 Å². The van der Waals surface area contributed by atoms with Gasteiger partial charge in [0.1, 0.15) is 0 Å². The SMILES string of the molecule is C#CCCCCCCN.Cl. The predicted octanol–water partition coefficient (Wildman–Crippen LogP) is 1.95. The molecule has 0 saturated heterocycles. The Morgan fingerprint density at radius 2 is 1.70 bits per heavy atom. The van der Waals surface area contributed by atoms with E-state index in [0.29, 0.717) is 0 Å². The van der Waals surface area contributed by atoms with E-state index in [1.807, 2.05) is 0 Å². The fourth-order valence-electron chi connectivity index (χ4n) is 0.725. The van der Waals surface area contributed by atoms with Crippen LogP contribution in [0.4, 0.5) is 0 Å². The molecule has 0 aromatic heterocycles. The average molecular weight is 162 g/mol. The Labute approximate surface area is 69.8 Å². The predicted molar refractivity (Wildman–Crippen MR) is 48.2 cm³/mol. The summed E-state index contributed by atoms with van der Waals surface area (Å²) in [5.41, 5.74) is 5.30. The van der Waals surface area contributed by atoms with Gasteiger partial charge in [-0.3, -0.25) is 0 Å². The van der Waals surface area contributed by atoms with E-state index in [4.69, 9.17) is 12.2 Å². The van der Waals surface area contributed by atoms with Crippen molar-refractivity contribution >= 4 is 12.4 Å². The molecule has 0 atom stereocenters. The molecule has 60 valence electrons. The summed E-state index contributed by atoms with van der Waals surface area (Å²) in [4.78, 5) is 0. The van der Waals surface area contributed by atoms with Gasteiger partial charge in [-0.15, -0.1) is 24.8 Å². The first kappa shape index (κ1) is 12.5. The van der Waals surface area contributed by atoms with Crippen molar-refractivity contribution < 1.29 is 0 Å². The first-order chi connectivity index (χ1) is 4.41. The minimum absolute atomic E-state index is 0. The van der Waals surface area contributed by atoms with Crippen molar-refractivity contribution in [1.82, 2.24) is 0 Å². The normalized spacial score (nSPS) is 8.00. The third kappa shape index (κ3) is 10.7. The van der Waals surface area contributed by atoms with Crippen LogP contribution in [0.15, 0.2) is 0 Å². The van der Waals surface area contributed by atoms with Gasteiger partial charge in [0.05, 0.1) is 0 Å². The van der Waals surface area contributed by atoms with Gasteiger partial charge in [0.15, 0.2) is 0 Å². The lowest BCUT2D eigenvalue weighted by molar-refractivity contribution is 0.657. The molecule has 0 aliphatic carbocycles. The van der Waals surface area contributed by atoms with Gasteiger partial charge in [-0.05, 0) is 19.4 Å². The molecular formula is C8H16ClN. The summed E-state index contributed by atoms with van der Waals surface area (Å²) < 4.78 is 0. The van der Waals surface area contributed by atoms with Crippen LogP contribution in [0.5, 0.6) is 0 Å². The summed E-state index contributed by atoms with van der Waals surface area (Å²) in [7, 11) is 0. The van der Waals surface area contributed by atoms with Crippen LogP contribution in [0.25, 0.3) is 0 Å². The molecule has 0 aliphatic heterocycles. The topological polar surface area (TPSA) is 26.0 Å². The lowest BCUT2D eigenvalue weighted by Gasteiger charge is -1.93. The summed E-state index contributed by atoms with van der Waals surface area (Å²) in [5.74, 6) is 2.61. The quantitative estimate of drug-likeness (QED) is 0.484. The summed E-state index contributed by atoms with van der Waals surface area (Å²) in [6.45, 7) is 0.816. The van der Waals surface area contributed by atoms with Gasteiger partial charge in [0.2, 0.25) is 0 Å². The van der Waals surface area contributed by atoms with Crippen LogP contribution in [0.1, 0.15) is 32.1 Å². The highest BCUT2D eigenvalue weighted by molar-refractivity contribution is 5.85. The molecule has 0 bridgehead atoms. The Bertz CT molecular complexity index is 85.7. The number of rotatable bonds is 5. The van der Waals surface area contributed by atoms with Gasteiger partial charge in [-0.1, -0.05) is 12.8 Å². The van der Waals surface area contributed by atoms with E-state index in [0.717, 1.165) is 25.8 Å². The first-order valence-corrected chi connectivity index (χ1v) is 3.55. The van der Waals surface area contributed by atoms with Crippen molar-refractivity contribution in [2.24, 2.45) is 5.73 Å². The molecule has 0 amide bonds. The fraction of sp³-hybridized carbons (Fsp3) is 0.750. The zero-order valence-corrected chi connectivity index (χ0v) is 7.12. The van der Waals surface area contributed by atoms with E-state index in [1.54, 1.807) is 0 Å². The average Bonchev–Trinajstić information content (AvgIpc) is 1.89. The van der Waals surface area contributed by atoms with Crippen molar-refractivity contribution in [3.8, 4) is 12.3 Å². The van der Waals surface area contributed by atoms with Gasteiger partial charge in [0, 0.05) is 6.42 Å². The Hall–Kier alpha value is -0.190. The maximum absolute atomic E-state index is 5.30. The highest BCUT2D eigenvalue weighted by Gasteiger charge is 1.84. The summed E-state index contributed by atoms with van der Waals surface area (Å²) in [6.07, 6.45) is 10.8. The van der Waals surface area contributed by atoms with E-state index in [-0.39, 0.29) is 12.4 Å². The maximum atomic E-state index is 5.30. The van der Waals surface area contributed by atoms with Crippen LogP contribution in [-0.2, 0) is 0 Å². The zero-order chi connectivity index (χ0) is 6.95. The molecule has 2 N–H and O–H groups in total. The van der Waals surface area contributed by atoms with Crippen molar-refractivity contribution in [2.75, 3.05) is 6.54 Å². The molecule has 0 fully saturated rings. The van der Waals surface area contributed by atoms with Crippen LogP contribution in [0.2, 0.25) is 0 Å². The number of terminal acetylenes is 1. The highest BCUT2D eigenvalue weighted by atomic mass is 35.5. The highest BCUT2D eigenvalue weighted by Crippen LogP contribution is 2.00. The maximum Gasteiger partial charge on any atom is 0.00860 e. The molecule has 0 heterocycles. The van der Waals surface area contributed by atoms with E-state index < -0.39 is 0 Å². The molecule has 10 heavy (non-hydrogen) atoms. The Balaban J connectivity index is 0. The van der Waals surface area contributed by atoms with Crippen molar-refractivity contribution in [2.45, 2.75) is 32.1 Å². The molecule has 0 aliphatic rings. The lowest BCUT2D eigenvalue weighted by Crippen LogP contribution is -1.97. The second kappa shape index (κ2) is 11.6. The molecule has 0 saturated carbocycles. The van der Waals surface area contributed by atoms with Gasteiger partial charge in [0.25, 0.3) is 0 Å². The van der Waals surface area contributed by atoms with Gasteiger partial charge in [-0.25, -0.2) is 0 Å². The van der Waals surface area contributed by atoms with Crippen molar-refractivity contribution in [3.63, 3.8) is 0 Å². The molecule has 1 nitrogen and oxygen atoms in total. The second-order valence-corrected chi connectivity index (χ2v) is 2.16. The minimum atomic E-state index is 0. The summed E-state index contributed by atoms with van der Waals surface area (Å²) in [5, 5.41) is 0. The summed E-state index contributed by atoms with van der Waals surface area (Å²) >= 11 is 0. The lowest BCUT2D eigenvalue weighted by atomic mass is 10.1. The third-order valence-electron chi connectivity index (χ3n) is 1.28. The van der Waals surface area contributed by atoms with E-state index in [2.05, 4.69) is 5.92 Å². The molecule has 0 aromatic rings. The van der Waals surface area contributed by atoms with Crippen LogP contribution >= 0.6 is 12.4 Å².